The van der Waals surface area contributed by atoms with Crippen LogP contribution in [0, 0.1) is 20.8 Å². The molecule has 0 saturated carbocycles. The lowest BCUT2D eigenvalue weighted by molar-refractivity contribution is -0.116. The molecule has 2 N–H and O–H groups in total. The minimum atomic E-state index is -3.67. The van der Waals surface area contributed by atoms with Gasteiger partial charge in [-0.25, -0.2) is 17.8 Å². The largest absolute Gasteiger partial charge is 0.311 e. The second kappa shape index (κ2) is 8.01. The van der Waals surface area contributed by atoms with E-state index in [1.54, 1.807) is 30.8 Å². The highest BCUT2D eigenvalue weighted by molar-refractivity contribution is 7.89. The molecule has 2 rings (SSSR count). The first-order valence-corrected chi connectivity index (χ1v) is 10.0. The number of nitrogens with one attached hydrogen (secondary N) is 2. The topological polar surface area (TPSA) is 93.1 Å². The number of nitrogens with zero attached hydrogens (tertiary/aromatic N) is 2. The molecule has 0 spiro atoms. The molecule has 26 heavy (non-hydrogen) atoms. The molecule has 0 aliphatic rings. The zero-order valence-electron chi connectivity index (χ0n) is 15.8. The second-order valence-electron chi connectivity index (χ2n) is 6.68. The number of sulfonamides is 1. The maximum Gasteiger partial charge on any atom is 0.241 e. The standard InChI is InChI=1S/C18H26N4O3S/c1-12(2)22-16(6-8-19-22)21-17(23)7-9-20-26(24,25)18-14(4)10-13(3)11-15(18)5/h6,8,10-12,20H,7,9H2,1-5H3,(H,21,23). The number of aryl methyl sites for hydroxylation is 3. The van der Waals surface area contributed by atoms with Crippen LogP contribution in [0.3, 0.4) is 0 Å². The van der Waals surface area contributed by atoms with Gasteiger partial charge in [0.15, 0.2) is 0 Å². The molecule has 8 heteroatoms. The van der Waals surface area contributed by atoms with Crippen LogP contribution in [0.15, 0.2) is 29.3 Å². The predicted molar refractivity (Wildman–Crippen MR) is 102 cm³/mol. The van der Waals surface area contributed by atoms with E-state index in [1.807, 2.05) is 32.9 Å². The fraction of sp³-hybridized carbons (Fsp3) is 0.444. The normalized spacial score (nSPS) is 11.8. The van der Waals surface area contributed by atoms with E-state index in [9.17, 15) is 13.2 Å². The lowest BCUT2D eigenvalue weighted by atomic mass is 10.1. The van der Waals surface area contributed by atoms with Gasteiger partial charge in [-0.05, 0) is 45.7 Å². The summed E-state index contributed by atoms with van der Waals surface area (Å²) in [4.78, 5) is 12.4. The average molecular weight is 378 g/mol. The van der Waals surface area contributed by atoms with Crippen LogP contribution in [0.1, 0.15) is 43.0 Å². The lowest BCUT2D eigenvalue weighted by Crippen LogP contribution is -2.29. The van der Waals surface area contributed by atoms with Crippen molar-refractivity contribution in [3.8, 4) is 0 Å². The van der Waals surface area contributed by atoms with E-state index in [0.717, 1.165) is 5.56 Å². The van der Waals surface area contributed by atoms with Crippen LogP contribution in [-0.2, 0) is 14.8 Å². The summed E-state index contributed by atoms with van der Waals surface area (Å²) in [7, 11) is -3.67. The molecule has 0 saturated heterocycles. The molecule has 0 aliphatic heterocycles. The Labute approximate surface area is 154 Å². The predicted octanol–water partition coefficient (Wildman–Crippen LogP) is 2.70. The van der Waals surface area contributed by atoms with Crippen LogP contribution in [0.25, 0.3) is 0 Å². The van der Waals surface area contributed by atoms with Crippen LogP contribution < -0.4 is 10.0 Å². The van der Waals surface area contributed by atoms with E-state index in [1.165, 1.54) is 0 Å². The van der Waals surface area contributed by atoms with Gasteiger partial charge < -0.3 is 5.32 Å². The van der Waals surface area contributed by atoms with E-state index in [4.69, 9.17) is 0 Å². The van der Waals surface area contributed by atoms with Crippen molar-refractivity contribution in [1.29, 1.82) is 0 Å². The smallest absolute Gasteiger partial charge is 0.241 e. The first kappa shape index (κ1) is 20.1. The molecule has 0 radical (unpaired) electrons. The number of carbonyl (C=O) groups is 1. The molecule has 0 bridgehead atoms. The fourth-order valence-electron chi connectivity index (χ4n) is 2.99. The molecule has 7 nitrogen and oxygen atoms in total. The van der Waals surface area contributed by atoms with Gasteiger partial charge in [-0.15, -0.1) is 0 Å². The third-order valence-electron chi connectivity index (χ3n) is 3.94. The summed E-state index contributed by atoms with van der Waals surface area (Å²) < 4.78 is 29.3. The SMILES string of the molecule is Cc1cc(C)c(S(=O)(=O)NCCC(=O)Nc2ccnn2C(C)C)c(C)c1. The molecule has 0 aliphatic carbocycles. The van der Waals surface area contributed by atoms with Gasteiger partial charge in [0.25, 0.3) is 0 Å². The number of rotatable bonds is 7. The van der Waals surface area contributed by atoms with E-state index < -0.39 is 10.0 Å². The molecular formula is C18H26N4O3S. The van der Waals surface area contributed by atoms with Gasteiger partial charge in [0.05, 0.1) is 11.1 Å². The summed E-state index contributed by atoms with van der Waals surface area (Å²) >= 11 is 0. The summed E-state index contributed by atoms with van der Waals surface area (Å²) in [5.41, 5.74) is 2.40. The summed E-state index contributed by atoms with van der Waals surface area (Å²) in [6, 6.07) is 5.50. The van der Waals surface area contributed by atoms with E-state index in [2.05, 4.69) is 15.1 Å². The second-order valence-corrected chi connectivity index (χ2v) is 8.38. The highest BCUT2D eigenvalue weighted by Gasteiger charge is 2.20. The van der Waals surface area contributed by atoms with Crippen LogP contribution in [0.2, 0.25) is 0 Å². The van der Waals surface area contributed by atoms with Crippen molar-refractivity contribution in [2.24, 2.45) is 0 Å². The Hall–Kier alpha value is -2.19. The molecule has 1 amide bonds. The zero-order chi connectivity index (χ0) is 19.5. The molecule has 0 fully saturated rings. The van der Waals surface area contributed by atoms with Gasteiger partial charge >= 0.3 is 0 Å². The molecular weight excluding hydrogens is 352 g/mol. The number of benzene rings is 1. The number of hydrogen-bond acceptors (Lipinski definition) is 4. The van der Waals surface area contributed by atoms with Crippen LogP contribution in [0.4, 0.5) is 5.82 Å². The minimum absolute atomic E-state index is 0.0245. The number of anilines is 1. The lowest BCUT2D eigenvalue weighted by Gasteiger charge is -2.14. The number of carbonyl (C=O) groups excluding carboxylic acids is 1. The quantitative estimate of drug-likeness (QED) is 0.775. The zero-order valence-corrected chi connectivity index (χ0v) is 16.6. The van der Waals surface area contributed by atoms with E-state index in [-0.39, 0.29) is 29.8 Å². The van der Waals surface area contributed by atoms with Gasteiger partial charge in [-0.3, -0.25) is 4.79 Å². The van der Waals surface area contributed by atoms with Gasteiger partial charge in [-0.1, -0.05) is 17.7 Å². The molecule has 1 aromatic heterocycles. The Morgan fingerprint density at radius 1 is 1.19 bits per heavy atom. The van der Waals surface area contributed by atoms with Crippen molar-refractivity contribution in [1.82, 2.24) is 14.5 Å². The maximum absolute atomic E-state index is 12.6. The van der Waals surface area contributed by atoms with Crippen molar-refractivity contribution in [3.63, 3.8) is 0 Å². The van der Waals surface area contributed by atoms with Crippen molar-refractivity contribution >= 4 is 21.7 Å². The Balaban J connectivity index is 1.98. The van der Waals surface area contributed by atoms with E-state index >= 15 is 0 Å². The van der Waals surface area contributed by atoms with Crippen molar-refractivity contribution in [2.45, 2.75) is 52.0 Å². The first-order chi connectivity index (χ1) is 12.1. The Morgan fingerprint density at radius 3 is 2.38 bits per heavy atom. The summed E-state index contributed by atoms with van der Waals surface area (Å²) in [5.74, 6) is 0.325. The Kier molecular flexibility index (Phi) is 6.20. The Bertz CT molecular complexity index is 878. The maximum atomic E-state index is 12.6. The summed E-state index contributed by atoms with van der Waals surface area (Å²) in [6.45, 7) is 9.42. The van der Waals surface area contributed by atoms with Crippen LogP contribution >= 0.6 is 0 Å². The highest BCUT2D eigenvalue weighted by atomic mass is 32.2. The molecule has 2 aromatic rings. The van der Waals surface area contributed by atoms with Crippen molar-refractivity contribution in [2.75, 3.05) is 11.9 Å². The number of hydrogen-bond donors (Lipinski definition) is 2. The van der Waals surface area contributed by atoms with E-state index in [0.29, 0.717) is 16.9 Å². The van der Waals surface area contributed by atoms with Gasteiger partial charge in [0.1, 0.15) is 5.82 Å². The monoisotopic (exact) mass is 378 g/mol. The van der Waals surface area contributed by atoms with Gasteiger partial charge in [0, 0.05) is 25.1 Å². The molecule has 0 atom stereocenters. The van der Waals surface area contributed by atoms with Crippen molar-refractivity contribution < 1.29 is 13.2 Å². The van der Waals surface area contributed by atoms with Gasteiger partial charge in [0.2, 0.25) is 15.9 Å². The minimum Gasteiger partial charge on any atom is -0.311 e. The van der Waals surface area contributed by atoms with Crippen LogP contribution in [-0.4, -0.2) is 30.7 Å². The number of amides is 1. The Morgan fingerprint density at radius 2 is 1.81 bits per heavy atom. The highest BCUT2D eigenvalue weighted by Crippen LogP contribution is 2.21. The molecule has 1 aromatic carbocycles. The molecule has 0 unspecified atom stereocenters. The van der Waals surface area contributed by atoms with Crippen LogP contribution in [0.5, 0.6) is 0 Å². The average Bonchev–Trinajstić information content (AvgIpc) is 2.93. The number of aromatic nitrogens is 2. The summed E-state index contributed by atoms with van der Waals surface area (Å²) in [5, 5.41) is 6.90. The third-order valence-corrected chi connectivity index (χ3v) is 5.71. The molecule has 142 valence electrons. The van der Waals surface area contributed by atoms with Crippen molar-refractivity contribution in [3.05, 3.63) is 41.1 Å². The third kappa shape index (κ3) is 4.70. The fourth-order valence-corrected chi connectivity index (χ4v) is 4.47. The first-order valence-electron chi connectivity index (χ1n) is 8.52. The molecule has 1 heterocycles. The van der Waals surface area contributed by atoms with Gasteiger partial charge in [-0.2, -0.15) is 5.10 Å². The summed E-state index contributed by atoms with van der Waals surface area (Å²) in [6.07, 6.45) is 1.65.